The minimum Gasteiger partial charge on any atom is -0.487 e. The Labute approximate surface area is 197 Å². The van der Waals surface area contributed by atoms with E-state index in [2.05, 4.69) is 66.1 Å². The van der Waals surface area contributed by atoms with Gasteiger partial charge in [0.2, 0.25) is 0 Å². The summed E-state index contributed by atoms with van der Waals surface area (Å²) in [6.45, 7) is 8.79. The number of para-hydroxylation sites is 2. The summed E-state index contributed by atoms with van der Waals surface area (Å²) in [4.78, 5) is 17.8. The highest BCUT2D eigenvalue weighted by Crippen LogP contribution is 2.39. The molecule has 1 amide bonds. The van der Waals surface area contributed by atoms with Crippen molar-refractivity contribution < 1.29 is 14.3 Å². The van der Waals surface area contributed by atoms with Crippen LogP contribution in [0.3, 0.4) is 0 Å². The fraction of sp³-hybridized carbons (Fsp3) is 0.308. The van der Waals surface area contributed by atoms with Gasteiger partial charge >= 0.3 is 6.09 Å². The first kappa shape index (κ1) is 22.3. The summed E-state index contributed by atoms with van der Waals surface area (Å²) in [6, 6.07) is 17.6. The highest BCUT2D eigenvalue weighted by Gasteiger charge is 2.29. The first-order valence-electron chi connectivity index (χ1n) is 10.8. The Balaban J connectivity index is 1.71. The van der Waals surface area contributed by atoms with Crippen molar-refractivity contribution in [1.29, 1.82) is 0 Å². The van der Waals surface area contributed by atoms with Gasteiger partial charge < -0.3 is 9.47 Å². The summed E-state index contributed by atoms with van der Waals surface area (Å²) in [5.41, 5.74) is 5.35. The summed E-state index contributed by atoms with van der Waals surface area (Å²) in [5.74, 6) is 1.21. The average Bonchev–Trinajstić information content (AvgIpc) is 2.90. The van der Waals surface area contributed by atoms with Crippen LogP contribution >= 0.6 is 15.9 Å². The van der Waals surface area contributed by atoms with Crippen LogP contribution < -0.4 is 10.1 Å². The van der Waals surface area contributed by atoms with Crippen LogP contribution in [0.1, 0.15) is 73.6 Å². The van der Waals surface area contributed by atoms with Crippen molar-refractivity contribution in [3.8, 4) is 5.75 Å². The largest absolute Gasteiger partial charge is 0.487 e. The topological polar surface area (TPSA) is 60.5 Å². The number of halogens is 1. The molecule has 1 N–H and O–H groups in total. The summed E-state index contributed by atoms with van der Waals surface area (Å²) < 4.78 is 12.7. The van der Waals surface area contributed by atoms with Crippen LogP contribution in [0.15, 0.2) is 59.2 Å². The SMILES string of the molecule is CC(C)c1cccc(C(C)C)c1NC(=O)OC1c2ccccc2OCc2nc(Br)ccc21. The third-order valence-corrected chi connectivity index (χ3v) is 6.09. The van der Waals surface area contributed by atoms with Gasteiger partial charge in [0.1, 0.15) is 17.0 Å². The fourth-order valence-electron chi connectivity index (χ4n) is 4.04. The number of hydrogen-bond acceptors (Lipinski definition) is 4. The van der Waals surface area contributed by atoms with E-state index in [9.17, 15) is 4.79 Å². The van der Waals surface area contributed by atoms with Crippen LogP contribution in [0.4, 0.5) is 10.5 Å². The molecule has 0 saturated heterocycles. The number of hydrogen-bond donors (Lipinski definition) is 1. The molecular weight excluding hydrogens is 468 g/mol. The third kappa shape index (κ3) is 4.51. The Kier molecular flexibility index (Phi) is 6.51. The Morgan fingerprint density at radius 3 is 2.38 bits per heavy atom. The van der Waals surface area contributed by atoms with Crippen LogP contribution in [-0.2, 0) is 11.3 Å². The lowest BCUT2D eigenvalue weighted by Gasteiger charge is -2.23. The van der Waals surface area contributed by atoms with Crippen LogP contribution in [0.2, 0.25) is 0 Å². The minimum absolute atomic E-state index is 0.262. The summed E-state index contributed by atoms with van der Waals surface area (Å²) in [7, 11) is 0. The number of carbonyl (C=O) groups is 1. The summed E-state index contributed by atoms with van der Waals surface area (Å²) in [6.07, 6.45) is -1.13. The van der Waals surface area contributed by atoms with Crippen LogP contribution in [0, 0.1) is 0 Å². The molecular formula is C26H27BrN2O3. The zero-order chi connectivity index (χ0) is 22.8. The lowest BCUT2D eigenvalue weighted by Crippen LogP contribution is -2.21. The molecule has 0 spiro atoms. The quantitative estimate of drug-likeness (QED) is 0.385. The smallest absolute Gasteiger partial charge is 0.412 e. The molecule has 1 aliphatic heterocycles. The molecule has 5 nitrogen and oxygen atoms in total. The van der Waals surface area contributed by atoms with Crippen molar-refractivity contribution in [1.82, 2.24) is 4.98 Å². The highest BCUT2D eigenvalue weighted by atomic mass is 79.9. The number of carbonyl (C=O) groups excluding carboxylic acids is 1. The van der Waals surface area contributed by atoms with E-state index in [1.807, 2.05) is 42.5 Å². The molecule has 1 aromatic heterocycles. The Morgan fingerprint density at radius 2 is 1.69 bits per heavy atom. The number of ether oxygens (including phenoxy) is 2. The second-order valence-corrected chi connectivity index (χ2v) is 9.34. The normalized spacial score (nSPS) is 14.9. The number of anilines is 1. The first-order valence-corrected chi connectivity index (χ1v) is 11.6. The lowest BCUT2D eigenvalue weighted by molar-refractivity contribution is 0.130. The number of benzene rings is 2. The van der Waals surface area contributed by atoms with E-state index < -0.39 is 12.2 Å². The Bertz CT molecular complexity index is 1120. The number of nitrogens with zero attached hydrogens (tertiary/aromatic N) is 1. The maximum atomic E-state index is 13.2. The summed E-state index contributed by atoms with van der Waals surface area (Å²) >= 11 is 3.42. The molecule has 1 unspecified atom stereocenters. The van der Waals surface area contributed by atoms with E-state index in [1.165, 1.54) is 0 Å². The monoisotopic (exact) mass is 494 g/mol. The van der Waals surface area contributed by atoms with Crippen molar-refractivity contribution in [2.75, 3.05) is 5.32 Å². The Morgan fingerprint density at radius 1 is 1.00 bits per heavy atom. The average molecular weight is 495 g/mol. The van der Waals surface area contributed by atoms with Gasteiger partial charge in [-0.1, -0.05) is 70.2 Å². The lowest BCUT2D eigenvalue weighted by atomic mass is 9.93. The van der Waals surface area contributed by atoms with E-state index >= 15 is 0 Å². The predicted octanol–water partition coefficient (Wildman–Crippen LogP) is 7.32. The zero-order valence-electron chi connectivity index (χ0n) is 18.7. The molecule has 0 radical (unpaired) electrons. The van der Waals surface area contributed by atoms with Crippen LogP contribution in [0.5, 0.6) is 5.75 Å². The standard InChI is InChI=1S/C26H27BrN2O3/c1-15(2)17-9-7-10-18(16(3)4)24(17)29-26(30)32-25-19-12-13-23(27)28-21(19)14-31-22-11-6-5-8-20(22)25/h5-13,15-16,25H,14H2,1-4H3,(H,29,30). The van der Waals surface area contributed by atoms with E-state index in [0.717, 1.165) is 33.6 Å². The Hall–Kier alpha value is -2.86. The number of nitrogens with one attached hydrogen (secondary N) is 1. The second-order valence-electron chi connectivity index (χ2n) is 8.53. The maximum absolute atomic E-state index is 13.2. The van der Waals surface area contributed by atoms with E-state index in [4.69, 9.17) is 9.47 Å². The molecule has 2 aromatic carbocycles. The highest BCUT2D eigenvalue weighted by molar-refractivity contribution is 9.10. The van der Waals surface area contributed by atoms with Gasteiger partial charge in [-0.15, -0.1) is 0 Å². The van der Waals surface area contributed by atoms with E-state index in [0.29, 0.717) is 17.0 Å². The number of amides is 1. The van der Waals surface area contributed by atoms with Crippen molar-refractivity contribution in [3.63, 3.8) is 0 Å². The van der Waals surface area contributed by atoms with Gasteiger partial charge in [0, 0.05) is 11.1 Å². The molecule has 2 heterocycles. The van der Waals surface area contributed by atoms with Gasteiger partial charge in [-0.25, -0.2) is 9.78 Å². The molecule has 1 aliphatic rings. The third-order valence-electron chi connectivity index (χ3n) is 5.65. The van der Waals surface area contributed by atoms with Crippen LogP contribution in [0.25, 0.3) is 0 Å². The van der Waals surface area contributed by atoms with Gasteiger partial charge in [-0.2, -0.15) is 0 Å². The molecule has 0 bridgehead atoms. The van der Waals surface area contributed by atoms with Crippen molar-refractivity contribution >= 4 is 27.7 Å². The summed E-state index contributed by atoms with van der Waals surface area (Å²) in [5, 5.41) is 3.05. The van der Waals surface area contributed by atoms with Crippen molar-refractivity contribution in [2.24, 2.45) is 0 Å². The number of pyridine rings is 1. The van der Waals surface area contributed by atoms with Gasteiger partial charge in [0.25, 0.3) is 0 Å². The van der Waals surface area contributed by atoms with Crippen molar-refractivity contribution in [3.05, 3.63) is 87.1 Å². The first-order chi connectivity index (χ1) is 15.3. The molecule has 3 aromatic rings. The molecule has 6 heteroatoms. The molecule has 0 saturated carbocycles. The van der Waals surface area contributed by atoms with Gasteiger partial charge in [-0.05, 0) is 51.0 Å². The molecule has 32 heavy (non-hydrogen) atoms. The minimum atomic E-state index is -0.627. The van der Waals surface area contributed by atoms with Crippen molar-refractivity contribution in [2.45, 2.75) is 52.2 Å². The molecule has 4 rings (SSSR count). The molecule has 0 aliphatic carbocycles. The molecule has 1 atom stereocenters. The van der Waals surface area contributed by atoms with E-state index in [1.54, 1.807) is 0 Å². The molecule has 0 fully saturated rings. The number of fused-ring (bicyclic) bond motifs is 2. The number of rotatable bonds is 4. The number of aromatic nitrogens is 1. The van der Waals surface area contributed by atoms with Gasteiger partial charge in [0.15, 0.2) is 6.10 Å². The maximum Gasteiger partial charge on any atom is 0.412 e. The van der Waals surface area contributed by atoms with Gasteiger partial charge in [-0.3, -0.25) is 5.32 Å². The molecule has 166 valence electrons. The predicted molar refractivity (Wildman–Crippen MR) is 129 cm³/mol. The van der Waals surface area contributed by atoms with E-state index in [-0.39, 0.29) is 11.8 Å². The second kappa shape index (κ2) is 9.33. The van der Waals surface area contributed by atoms with Gasteiger partial charge in [0.05, 0.1) is 11.4 Å². The fourth-order valence-corrected chi connectivity index (χ4v) is 4.39. The van der Waals surface area contributed by atoms with Crippen LogP contribution in [-0.4, -0.2) is 11.1 Å². The zero-order valence-corrected chi connectivity index (χ0v) is 20.3.